The lowest BCUT2D eigenvalue weighted by Crippen LogP contribution is -2.26. The van der Waals surface area contributed by atoms with Gasteiger partial charge in [0.05, 0.1) is 5.56 Å². The Morgan fingerprint density at radius 2 is 1.83 bits per heavy atom. The minimum Gasteiger partial charge on any atom is -0.352 e. The van der Waals surface area contributed by atoms with Gasteiger partial charge in [0.2, 0.25) is 5.95 Å². The predicted molar refractivity (Wildman–Crippen MR) is 97.3 cm³/mol. The fraction of sp³-hybridized carbons (Fsp3) is 0.421. The molecule has 2 aromatic rings. The van der Waals surface area contributed by atoms with Crippen LogP contribution in [0.25, 0.3) is 0 Å². The highest BCUT2D eigenvalue weighted by molar-refractivity contribution is 5.93. The average Bonchev–Trinajstić information content (AvgIpc) is 2.64. The van der Waals surface area contributed by atoms with Crippen molar-refractivity contribution >= 4 is 11.9 Å². The summed E-state index contributed by atoms with van der Waals surface area (Å²) in [5.74, 6) is 0.537. The molecule has 1 aromatic carbocycles. The largest absolute Gasteiger partial charge is 0.352 e. The fourth-order valence-corrected chi connectivity index (χ4v) is 2.37. The number of hydrogen-bond donors (Lipinski definition) is 1. The molecule has 1 heterocycles. The lowest BCUT2D eigenvalue weighted by molar-refractivity contribution is 0.0952. The number of benzene rings is 1. The summed E-state index contributed by atoms with van der Waals surface area (Å²) in [5, 5.41) is 2.92. The molecule has 1 amide bonds. The molecule has 0 atom stereocenters. The SMILES string of the molecule is CCCCN(C)c1ncc(C(=O)NCCCc2ccccc2)cn1. The number of rotatable bonds is 9. The van der Waals surface area contributed by atoms with Gasteiger partial charge in [-0.1, -0.05) is 43.7 Å². The van der Waals surface area contributed by atoms with Crippen molar-refractivity contribution in [1.29, 1.82) is 0 Å². The molecule has 0 radical (unpaired) electrons. The van der Waals surface area contributed by atoms with E-state index < -0.39 is 0 Å². The van der Waals surface area contributed by atoms with Gasteiger partial charge in [-0.25, -0.2) is 9.97 Å². The van der Waals surface area contributed by atoms with Crippen LogP contribution in [0.2, 0.25) is 0 Å². The third-order valence-electron chi connectivity index (χ3n) is 3.86. The van der Waals surface area contributed by atoms with Gasteiger partial charge in [0.1, 0.15) is 0 Å². The van der Waals surface area contributed by atoms with Crippen LogP contribution >= 0.6 is 0 Å². The molecule has 0 aliphatic heterocycles. The topological polar surface area (TPSA) is 58.1 Å². The first-order chi connectivity index (χ1) is 11.7. The van der Waals surface area contributed by atoms with E-state index in [1.54, 1.807) is 12.4 Å². The number of nitrogens with zero attached hydrogens (tertiary/aromatic N) is 3. The average molecular weight is 326 g/mol. The second kappa shape index (κ2) is 9.65. The van der Waals surface area contributed by atoms with Crippen molar-refractivity contribution in [3.05, 3.63) is 53.9 Å². The van der Waals surface area contributed by atoms with Gasteiger partial charge in [0.15, 0.2) is 0 Å². The maximum Gasteiger partial charge on any atom is 0.254 e. The van der Waals surface area contributed by atoms with Crippen molar-refractivity contribution in [3.63, 3.8) is 0 Å². The predicted octanol–water partition coefficient (Wildman–Crippen LogP) is 3.08. The summed E-state index contributed by atoms with van der Waals surface area (Å²) >= 11 is 0. The third kappa shape index (κ3) is 5.65. The fourth-order valence-electron chi connectivity index (χ4n) is 2.37. The van der Waals surface area contributed by atoms with Crippen LogP contribution in [0.3, 0.4) is 0 Å². The van der Waals surface area contributed by atoms with Crippen molar-refractivity contribution in [2.45, 2.75) is 32.6 Å². The molecule has 5 heteroatoms. The van der Waals surface area contributed by atoms with Gasteiger partial charge in [0.25, 0.3) is 5.91 Å². The molecule has 0 aliphatic rings. The number of aromatic nitrogens is 2. The first-order valence-corrected chi connectivity index (χ1v) is 8.56. The van der Waals surface area contributed by atoms with Gasteiger partial charge < -0.3 is 10.2 Å². The zero-order valence-electron chi connectivity index (χ0n) is 14.5. The molecule has 0 bridgehead atoms. The molecule has 5 nitrogen and oxygen atoms in total. The van der Waals surface area contributed by atoms with E-state index in [1.165, 1.54) is 5.56 Å². The quantitative estimate of drug-likeness (QED) is 0.720. The maximum atomic E-state index is 12.1. The standard InChI is InChI=1S/C19H26N4O/c1-3-4-13-23(2)19-21-14-17(15-22-19)18(24)20-12-8-11-16-9-6-5-7-10-16/h5-7,9-10,14-15H,3-4,8,11-13H2,1-2H3,(H,20,24). The normalized spacial score (nSPS) is 10.4. The number of carbonyl (C=O) groups is 1. The smallest absolute Gasteiger partial charge is 0.254 e. The zero-order valence-corrected chi connectivity index (χ0v) is 14.5. The molecule has 1 aromatic heterocycles. The number of aryl methyl sites for hydroxylation is 1. The molecule has 0 fully saturated rings. The monoisotopic (exact) mass is 326 g/mol. The molecule has 1 N–H and O–H groups in total. The number of unbranched alkanes of at least 4 members (excludes halogenated alkanes) is 1. The van der Waals surface area contributed by atoms with E-state index in [4.69, 9.17) is 0 Å². The Labute approximate surface area is 144 Å². The molecule has 24 heavy (non-hydrogen) atoms. The van der Waals surface area contributed by atoms with Crippen molar-refractivity contribution in [2.75, 3.05) is 25.0 Å². The second-order valence-corrected chi connectivity index (χ2v) is 5.89. The van der Waals surface area contributed by atoms with Crippen molar-refractivity contribution < 1.29 is 4.79 Å². The lowest BCUT2D eigenvalue weighted by atomic mass is 10.1. The van der Waals surface area contributed by atoms with E-state index in [9.17, 15) is 4.79 Å². The Kier molecular flexibility index (Phi) is 7.21. The number of hydrogen-bond acceptors (Lipinski definition) is 4. The van der Waals surface area contributed by atoms with Crippen LogP contribution in [0, 0.1) is 0 Å². The van der Waals surface area contributed by atoms with Crippen LogP contribution in [-0.2, 0) is 6.42 Å². The maximum absolute atomic E-state index is 12.1. The van der Waals surface area contributed by atoms with Gasteiger partial charge in [-0.15, -0.1) is 0 Å². The summed E-state index contributed by atoms with van der Waals surface area (Å²) in [4.78, 5) is 22.7. The first kappa shape index (κ1) is 17.9. The third-order valence-corrected chi connectivity index (χ3v) is 3.86. The molecular formula is C19H26N4O. The molecule has 0 spiro atoms. The van der Waals surface area contributed by atoms with Crippen molar-refractivity contribution in [2.24, 2.45) is 0 Å². The number of nitrogens with one attached hydrogen (secondary N) is 1. The van der Waals surface area contributed by atoms with Crippen LogP contribution < -0.4 is 10.2 Å². The minimum atomic E-state index is -0.120. The van der Waals surface area contributed by atoms with Gasteiger partial charge in [-0.2, -0.15) is 0 Å². The van der Waals surface area contributed by atoms with E-state index in [0.717, 1.165) is 32.2 Å². The van der Waals surface area contributed by atoms with Crippen LogP contribution in [-0.4, -0.2) is 36.0 Å². The minimum absolute atomic E-state index is 0.120. The van der Waals surface area contributed by atoms with Crippen LogP contribution in [0.4, 0.5) is 5.95 Å². The molecule has 0 saturated carbocycles. The van der Waals surface area contributed by atoms with E-state index >= 15 is 0 Å². The number of anilines is 1. The summed E-state index contributed by atoms with van der Waals surface area (Å²) in [6.07, 6.45) is 7.29. The summed E-state index contributed by atoms with van der Waals surface area (Å²) in [6, 6.07) is 10.3. The Hall–Kier alpha value is -2.43. The summed E-state index contributed by atoms with van der Waals surface area (Å²) in [5.41, 5.74) is 1.79. The Bertz CT molecular complexity index is 613. The molecule has 0 unspecified atom stereocenters. The second-order valence-electron chi connectivity index (χ2n) is 5.89. The van der Waals surface area contributed by atoms with E-state index in [1.807, 2.05) is 30.1 Å². The molecule has 2 rings (SSSR count). The van der Waals surface area contributed by atoms with Crippen LogP contribution in [0.5, 0.6) is 0 Å². The Morgan fingerprint density at radius 3 is 2.50 bits per heavy atom. The van der Waals surface area contributed by atoms with Crippen molar-refractivity contribution in [1.82, 2.24) is 15.3 Å². The summed E-state index contributed by atoms with van der Waals surface area (Å²) in [6.45, 7) is 3.72. The zero-order chi connectivity index (χ0) is 17.2. The van der Waals surface area contributed by atoms with Crippen molar-refractivity contribution in [3.8, 4) is 0 Å². The highest BCUT2D eigenvalue weighted by Crippen LogP contribution is 2.07. The molecule has 0 aliphatic carbocycles. The summed E-state index contributed by atoms with van der Waals surface area (Å²) in [7, 11) is 1.97. The molecule has 128 valence electrons. The highest BCUT2D eigenvalue weighted by atomic mass is 16.1. The van der Waals surface area contributed by atoms with Crippen LogP contribution in [0.15, 0.2) is 42.7 Å². The number of carbonyl (C=O) groups excluding carboxylic acids is 1. The summed E-state index contributed by atoms with van der Waals surface area (Å²) < 4.78 is 0. The van der Waals surface area contributed by atoms with Gasteiger partial charge in [-0.3, -0.25) is 4.79 Å². The Morgan fingerprint density at radius 1 is 1.12 bits per heavy atom. The lowest BCUT2D eigenvalue weighted by Gasteiger charge is -2.16. The van der Waals surface area contributed by atoms with Crippen LogP contribution in [0.1, 0.15) is 42.1 Å². The van der Waals surface area contributed by atoms with Gasteiger partial charge in [0, 0.05) is 32.5 Å². The van der Waals surface area contributed by atoms with Gasteiger partial charge >= 0.3 is 0 Å². The Balaban J connectivity index is 1.76. The molecule has 0 saturated heterocycles. The van der Waals surface area contributed by atoms with E-state index in [-0.39, 0.29) is 5.91 Å². The van der Waals surface area contributed by atoms with E-state index in [0.29, 0.717) is 18.1 Å². The molecular weight excluding hydrogens is 300 g/mol. The first-order valence-electron chi connectivity index (χ1n) is 8.56. The van der Waals surface area contributed by atoms with Gasteiger partial charge in [-0.05, 0) is 24.8 Å². The van der Waals surface area contributed by atoms with E-state index in [2.05, 4.69) is 34.3 Å². The highest BCUT2D eigenvalue weighted by Gasteiger charge is 2.08. The number of amides is 1.